The molecule has 100 valence electrons. The van der Waals surface area contributed by atoms with Gasteiger partial charge >= 0.3 is 21.6 Å². The fourth-order valence-corrected chi connectivity index (χ4v) is 1.81. The minimum absolute atomic E-state index is 0.0647. The molecule has 5 nitrogen and oxygen atoms in total. The van der Waals surface area contributed by atoms with E-state index in [1.165, 1.54) is 6.92 Å². The van der Waals surface area contributed by atoms with Crippen molar-refractivity contribution in [2.75, 3.05) is 0 Å². The van der Waals surface area contributed by atoms with Gasteiger partial charge in [-0.1, -0.05) is 6.92 Å². The zero-order chi connectivity index (χ0) is 13.3. The molecule has 0 radical (unpaired) electrons. The largest absolute Gasteiger partial charge is 0.523 e. The number of alkyl halides is 3. The lowest BCUT2D eigenvalue weighted by molar-refractivity contribution is -0.162. The number of carbonyl (C=O) groups excluding carboxylic acids is 1. The maximum absolute atomic E-state index is 12.0. The number of hydrogen-bond acceptors (Lipinski definition) is 5. The van der Waals surface area contributed by atoms with Crippen LogP contribution in [-0.2, 0) is 23.8 Å². The smallest absolute Gasteiger partial charge is 0.460 e. The molecule has 0 aromatic heterocycles. The molecule has 1 fully saturated rings. The van der Waals surface area contributed by atoms with Gasteiger partial charge in [0.25, 0.3) is 0 Å². The Hall–Kier alpha value is -0.830. The summed E-state index contributed by atoms with van der Waals surface area (Å²) in [5.74, 6) is -0.604. The summed E-state index contributed by atoms with van der Waals surface area (Å²) in [7, 11) is -5.62. The van der Waals surface area contributed by atoms with Gasteiger partial charge in [-0.2, -0.15) is 21.6 Å². The first kappa shape index (κ1) is 14.2. The van der Waals surface area contributed by atoms with Crippen molar-refractivity contribution in [3.8, 4) is 0 Å². The van der Waals surface area contributed by atoms with E-state index in [0.717, 1.165) is 0 Å². The summed E-state index contributed by atoms with van der Waals surface area (Å²) in [5, 5.41) is 0. The van der Waals surface area contributed by atoms with Crippen LogP contribution in [0.1, 0.15) is 26.2 Å². The Balaban J connectivity index is 2.57. The molecule has 0 bridgehead atoms. The molecule has 1 rings (SSSR count). The van der Waals surface area contributed by atoms with Crippen molar-refractivity contribution in [3.63, 3.8) is 0 Å². The van der Waals surface area contributed by atoms with E-state index in [1.54, 1.807) is 0 Å². The van der Waals surface area contributed by atoms with Gasteiger partial charge in [0.15, 0.2) is 0 Å². The molecule has 17 heavy (non-hydrogen) atoms. The number of ether oxygens (including phenoxy) is 1. The lowest BCUT2D eigenvalue weighted by atomic mass is 9.92. The SMILES string of the molecule is CCC(=O)OC1CCC1OS(=O)(=O)C(F)(F)F. The van der Waals surface area contributed by atoms with E-state index < -0.39 is 33.8 Å². The van der Waals surface area contributed by atoms with Gasteiger partial charge in [-0.25, -0.2) is 0 Å². The molecule has 0 aliphatic heterocycles. The van der Waals surface area contributed by atoms with Crippen LogP contribution < -0.4 is 0 Å². The molecule has 0 amide bonds. The molecule has 9 heteroatoms. The first-order valence-corrected chi connectivity index (χ1v) is 6.27. The maximum atomic E-state index is 12.0. The lowest BCUT2D eigenvalue weighted by Gasteiger charge is -2.34. The third kappa shape index (κ3) is 3.32. The van der Waals surface area contributed by atoms with Crippen LogP contribution in [0, 0.1) is 0 Å². The Bertz CT molecular complexity index is 388. The third-order valence-electron chi connectivity index (χ3n) is 2.26. The standard InChI is InChI=1S/C8H11F3O5S/c1-2-7(12)15-5-3-4-6(5)16-17(13,14)8(9,10)11/h5-6H,2-4H2,1H3. The first-order valence-electron chi connectivity index (χ1n) is 4.86. The second-order valence-corrected chi connectivity index (χ2v) is 5.06. The topological polar surface area (TPSA) is 69.7 Å². The van der Waals surface area contributed by atoms with Gasteiger partial charge < -0.3 is 4.74 Å². The normalized spacial score (nSPS) is 25.2. The van der Waals surface area contributed by atoms with Crippen molar-refractivity contribution in [1.29, 1.82) is 0 Å². The fraction of sp³-hybridized carbons (Fsp3) is 0.875. The number of rotatable bonds is 4. The quantitative estimate of drug-likeness (QED) is 0.440. The minimum atomic E-state index is -5.62. The van der Waals surface area contributed by atoms with Gasteiger partial charge in [-0.15, -0.1) is 0 Å². The van der Waals surface area contributed by atoms with E-state index in [2.05, 4.69) is 4.18 Å². The number of hydrogen-bond donors (Lipinski definition) is 0. The summed E-state index contributed by atoms with van der Waals surface area (Å²) in [6, 6.07) is 0. The Kier molecular flexibility index (Phi) is 4.03. The highest BCUT2D eigenvalue weighted by Crippen LogP contribution is 2.33. The predicted octanol–water partition coefficient (Wildman–Crippen LogP) is 1.34. The minimum Gasteiger partial charge on any atom is -0.460 e. The van der Waals surface area contributed by atoms with E-state index in [9.17, 15) is 26.4 Å². The van der Waals surface area contributed by atoms with Crippen molar-refractivity contribution in [1.82, 2.24) is 0 Å². The molecule has 0 N–H and O–H groups in total. The number of halogens is 3. The molecule has 0 spiro atoms. The summed E-state index contributed by atoms with van der Waals surface area (Å²) in [6.07, 6.45) is -1.69. The van der Waals surface area contributed by atoms with E-state index in [4.69, 9.17) is 4.74 Å². The second kappa shape index (κ2) is 4.81. The maximum Gasteiger partial charge on any atom is 0.523 e. The average Bonchev–Trinajstić information content (AvgIpc) is 2.19. The summed E-state index contributed by atoms with van der Waals surface area (Å²) in [4.78, 5) is 10.9. The lowest BCUT2D eigenvalue weighted by Crippen LogP contribution is -2.45. The number of esters is 1. The Morgan fingerprint density at radius 3 is 2.18 bits per heavy atom. The highest BCUT2D eigenvalue weighted by atomic mass is 32.2. The van der Waals surface area contributed by atoms with Gasteiger partial charge in [0.2, 0.25) is 0 Å². The van der Waals surface area contributed by atoms with Gasteiger partial charge in [0.1, 0.15) is 12.2 Å². The molecule has 0 saturated heterocycles. The van der Waals surface area contributed by atoms with Gasteiger partial charge in [0.05, 0.1) is 0 Å². The van der Waals surface area contributed by atoms with Crippen molar-refractivity contribution in [3.05, 3.63) is 0 Å². The molecule has 1 saturated carbocycles. The number of carbonyl (C=O) groups is 1. The highest BCUT2D eigenvalue weighted by molar-refractivity contribution is 7.87. The molecule has 1 aliphatic carbocycles. The highest BCUT2D eigenvalue weighted by Gasteiger charge is 2.51. The zero-order valence-corrected chi connectivity index (χ0v) is 9.68. The molecule has 2 atom stereocenters. The molecule has 1 aliphatic rings. The zero-order valence-electron chi connectivity index (χ0n) is 8.86. The summed E-state index contributed by atoms with van der Waals surface area (Å²) in [6.45, 7) is 1.52. The third-order valence-corrected chi connectivity index (χ3v) is 3.32. The second-order valence-electron chi connectivity index (χ2n) is 3.49. The first-order chi connectivity index (χ1) is 7.67. The van der Waals surface area contributed by atoms with Crippen LogP contribution in [0.4, 0.5) is 13.2 Å². The summed E-state index contributed by atoms with van der Waals surface area (Å²) < 4.78 is 66.0. The van der Waals surface area contributed by atoms with Crippen LogP contribution in [0.25, 0.3) is 0 Å². The average molecular weight is 276 g/mol. The van der Waals surface area contributed by atoms with Gasteiger partial charge in [-0.05, 0) is 12.8 Å². The van der Waals surface area contributed by atoms with Crippen molar-refractivity contribution >= 4 is 16.1 Å². The van der Waals surface area contributed by atoms with Crippen molar-refractivity contribution < 1.29 is 35.3 Å². The summed E-state index contributed by atoms with van der Waals surface area (Å²) >= 11 is 0. The van der Waals surface area contributed by atoms with E-state index in [1.807, 2.05) is 0 Å². The van der Waals surface area contributed by atoms with E-state index >= 15 is 0 Å². The van der Waals surface area contributed by atoms with Crippen molar-refractivity contribution in [2.24, 2.45) is 0 Å². The fourth-order valence-electron chi connectivity index (χ4n) is 1.15. The predicted molar refractivity (Wildman–Crippen MR) is 49.3 cm³/mol. The van der Waals surface area contributed by atoms with E-state index in [-0.39, 0.29) is 12.8 Å². The van der Waals surface area contributed by atoms with Crippen LogP contribution in [0.2, 0.25) is 0 Å². The van der Waals surface area contributed by atoms with E-state index in [0.29, 0.717) is 6.42 Å². The molecule has 2 unspecified atom stereocenters. The van der Waals surface area contributed by atoms with Crippen LogP contribution >= 0.6 is 0 Å². The Morgan fingerprint density at radius 1 is 1.29 bits per heavy atom. The molecular formula is C8H11F3O5S. The van der Waals surface area contributed by atoms with Crippen LogP contribution in [0.5, 0.6) is 0 Å². The molecular weight excluding hydrogens is 265 g/mol. The van der Waals surface area contributed by atoms with Crippen LogP contribution in [0.3, 0.4) is 0 Å². The molecule has 0 heterocycles. The molecule has 0 aromatic carbocycles. The summed E-state index contributed by atoms with van der Waals surface area (Å²) in [5.41, 5.74) is -5.46. The Morgan fingerprint density at radius 2 is 1.82 bits per heavy atom. The molecule has 0 aromatic rings. The monoisotopic (exact) mass is 276 g/mol. The van der Waals surface area contributed by atoms with Gasteiger partial charge in [-0.3, -0.25) is 8.98 Å². The van der Waals surface area contributed by atoms with Gasteiger partial charge in [0, 0.05) is 6.42 Å². The van der Waals surface area contributed by atoms with Crippen LogP contribution in [-0.4, -0.2) is 32.1 Å². The Labute approximate surface area is 96.0 Å². The van der Waals surface area contributed by atoms with Crippen LogP contribution in [0.15, 0.2) is 0 Å². The van der Waals surface area contributed by atoms with Crippen molar-refractivity contribution in [2.45, 2.75) is 43.9 Å².